The smallest absolute Gasteiger partial charge is 0.127 e. The van der Waals surface area contributed by atoms with Gasteiger partial charge < -0.3 is 14.7 Å². The lowest BCUT2D eigenvalue weighted by molar-refractivity contribution is -0.884. The van der Waals surface area contributed by atoms with Gasteiger partial charge in [-0.15, -0.1) is 0 Å². The molecule has 0 aromatic heterocycles. The Morgan fingerprint density at radius 1 is 0.741 bits per heavy atom. The second-order valence-electron chi connectivity index (χ2n) is 8.60. The highest BCUT2D eigenvalue weighted by Gasteiger charge is 2.19. The van der Waals surface area contributed by atoms with Crippen LogP contribution in [0, 0.1) is 0 Å². The molecule has 2 rings (SSSR count). The maximum absolute atomic E-state index is 10.9. The van der Waals surface area contributed by atoms with E-state index in [4.69, 9.17) is 0 Å². The lowest BCUT2D eigenvalue weighted by Gasteiger charge is -2.25. The summed E-state index contributed by atoms with van der Waals surface area (Å²) in [6, 6.07) is 8.35. The summed E-state index contributed by atoms with van der Waals surface area (Å²) < 4.78 is 0.741. The highest BCUT2D eigenvalue weighted by molar-refractivity contribution is 5.75. The minimum atomic E-state index is 0.387. The summed E-state index contributed by atoms with van der Waals surface area (Å²) in [7, 11) is 6.38. The Hall–Kier alpha value is -2.00. The van der Waals surface area contributed by atoms with E-state index in [2.05, 4.69) is 66.2 Å². The van der Waals surface area contributed by atoms with Crippen LogP contribution in [0.25, 0.3) is 11.1 Å². The van der Waals surface area contributed by atoms with Crippen molar-refractivity contribution in [1.29, 1.82) is 0 Å². The van der Waals surface area contributed by atoms with Crippen molar-refractivity contribution in [1.82, 2.24) is 0 Å². The van der Waals surface area contributed by atoms with Gasteiger partial charge in [-0.25, -0.2) is 0 Å². The van der Waals surface area contributed by atoms with E-state index in [1.165, 1.54) is 5.56 Å². The molecule has 3 heteroatoms. The fourth-order valence-corrected chi connectivity index (χ4v) is 3.65. The summed E-state index contributed by atoms with van der Waals surface area (Å²) >= 11 is 0. The van der Waals surface area contributed by atoms with Crippen LogP contribution in [0.2, 0.25) is 0 Å². The first-order chi connectivity index (χ1) is 12.7. The van der Waals surface area contributed by atoms with Crippen LogP contribution in [0.15, 0.2) is 24.3 Å². The summed E-state index contributed by atoms with van der Waals surface area (Å²) in [6.07, 6.45) is 4.63. The van der Waals surface area contributed by atoms with Gasteiger partial charge in [0.2, 0.25) is 0 Å². The molecule has 0 bridgehead atoms. The molecule has 0 aliphatic rings. The first-order valence-corrected chi connectivity index (χ1v) is 10.2. The molecule has 0 aliphatic heterocycles. The quantitative estimate of drug-likeness (QED) is 0.608. The Morgan fingerprint density at radius 2 is 1.30 bits per heavy atom. The van der Waals surface area contributed by atoms with Crippen molar-refractivity contribution in [2.24, 2.45) is 0 Å². The zero-order valence-corrected chi connectivity index (χ0v) is 17.9. The molecule has 2 N–H and O–H groups in total. The van der Waals surface area contributed by atoms with Crippen molar-refractivity contribution in [3.63, 3.8) is 0 Å². The van der Waals surface area contributed by atoms with Gasteiger partial charge in [0.25, 0.3) is 0 Å². The molecular formula is C24H36NO2+. The second kappa shape index (κ2) is 8.79. The maximum Gasteiger partial charge on any atom is 0.127 e. The van der Waals surface area contributed by atoms with Crippen LogP contribution in [0.5, 0.6) is 11.5 Å². The number of hydrogen-bond acceptors (Lipinski definition) is 2. The molecule has 3 nitrogen and oxygen atoms in total. The Bertz CT molecular complexity index is 788. The number of quaternary nitrogens is 1. The van der Waals surface area contributed by atoms with Gasteiger partial charge in [-0.1, -0.05) is 39.7 Å². The largest absolute Gasteiger partial charge is 0.507 e. The summed E-state index contributed by atoms with van der Waals surface area (Å²) in [5.74, 6) is 0.798. The summed E-state index contributed by atoms with van der Waals surface area (Å²) in [5, 5.41) is 21.7. The number of phenolic OH excluding ortho intramolecular Hbond substituents is 2. The monoisotopic (exact) mass is 370 g/mol. The van der Waals surface area contributed by atoms with Gasteiger partial charge in [-0.05, 0) is 59.7 Å². The van der Waals surface area contributed by atoms with Gasteiger partial charge >= 0.3 is 0 Å². The fourth-order valence-electron chi connectivity index (χ4n) is 3.65. The van der Waals surface area contributed by atoms with Gasteiger partial charge in [0.15, 0.2) is 0 Å². The van der Waals surface area contributed by atoms with E-state index in [9.17, 15) is 10.2 Å². The minimum Gasteiger partial charge on any atom is -0.507 e. The number of hydrogen-bond donors (Lipinski definition) is 2. The molecule has 0 saturated carbocycles. The first kappa shape index (κ1) is 21.3. The van der Waals surface area contributed by atoms with Crippen LogP contribution in [0.3, 0.4) is 0 Å². The second-order valence-corrected chi connectivity index (χ2v) is 8.60. The Balaban J connectivity index is 2.68. The summed E-state index contributed by atoms with van der Waals surface area (Å²) in [4.78, 5) is 0. The molecule has 0 spiro atoms. The van der Waals surface area contributed by atoms with Crippen LogP contribution in [0.4, 0.5) is 0 Å². The van der Waals surface area contributed by atoms with E-state index in [1.54, 1.807) is 0 Å². The van der Waals surface area contributed by atoms with Crippen molar-refractivity contribution in [3.8, 4) is 22.6 Å². The predicted octanol–water partition coefficient (Wildman–Crippen LogP) is 5.44. The van der Waals surface area contributed by atoms with Crippen molar-refractivity contribution in [3.05, 3.63) is 46.5 Å². The highest BCUT2D eigenvalue weighted by atomic mass is 16.3. The maximum atomic E-state index is 10.9. The molecule has 2 aromatic carbocycles. The van der Waals surface area contributed by atoms with E-state index >= 15 is 0 Å². The Kier molecular flexibility index (Phi) is 6.94. The molecule has 27 heavy (non-hydrogen) atoms. The van der Waals surface area contributed by atoms with Crippen LogP contribution in [0.1, 0.15) is 55.9 Å². The third-order valence-corrected chi connectivity index (χ3v) is 4.92. The summed E-state index contributed by atoms with van der Waals surface area (Å²) in [6.45, 7) is 7.15. The molecule has 0 amide bonds. The minimum absolute atomic E-state index is 0.387. The normalized spacial score (nSPS) is 11.8. The molecule has 0 aliphatic carbocycles. The topological polar surface area (TPSA) is 40.5 Å². The van der Waals surface area contributed by atoms with Crippen LogP contribution in [-0.2, 0) is 25.8 Å². The number of aromatic hydroxyl groups is 2. The van der Waals surface area contributed by atoms with E-state index < -0.39 is 0 Å². The average Bonchev–Trinajstić information content (AvgIpc) is 2.59. The fraction of sp³-hybridized carbons (Fsp3) is 0.500. The number of nitrogens with zero attached hydrogens (tertiary/aromatic N) is 1. The molecule has 0 radical (unpaired) electrons. The van der Waals surface area contributed by atoms with Crippen LogP contribution >= 0.6 is 0 Å². The molecular weight excluding hydrogens is 334 g/mol. The van der Waals surface area contributed by atoms with E-state index in [1.807, 2.05) is 0 Å². The lowest BCUT2D eigenvalue weighted by Crippen LogP contribution is -2.33. The van der Waals surface area contributed by atoms with Crippen molar-refractivity contribution in [2.75, 3.05) is 21.1 Å². The number of rotatable bonds is 8. The zero-order chi connectivity index (χ0) is 20.2. The van der Waals surface area contributed by atoms with Crippen molar-refractivity contribution < 1.29 is 14.7 Å². The highest BCUT2D eigenvalue weighted by Crippen LogP contribution is 2.38. The van der Waals surface area contributed by atoms with Gasteiger partial charge in [-0.3, -0.25) is 0 Å². The van der Waals surface area contributed by atoms with E-state index in [-0.39, 0.29) is 0 Å². The molecule has 2 aromatic rings. The van der Waals surface area contributed by atoms with Crippen LogP contribution in [-0.4, -0.2) is 35.8 Å². The zero-order valence-electron chi connectivity index (χ0n) is 17.9. The number of phenols is 2. The molecule has 0 unspecified atom stereocenters. The first-order valence-electron chi connectivity index (χ1n) is 10.2. The van der Waals surface area contributed by atoms with Gasteiger partial charge in [0.1, 0.15) is 18.0 Å². The third kappa shape index (κ3) is 5.26. The molecule has 0 atom stereocenters. The van der Waals surface area contributed by atoms with Crippen LogP contribution < -0.4 is 0 Å². The van der Waals surface area contributed by atoms with Crippen molar-refractivity contribution in [2.45, 2.75) is 59.4 Å². The number of benzene rings is 2. The average molecular weight is 371 g/mol. The standard InChI is InChI=1S/C24H35NO2/c1-7-10-18-12-17(9-3)13-22(24(18)27)20-14-19(11-8-2)23(26)21(15-20)16-25(4,5)6/h12-15H,7-11,16H2,1-6H3,(H-,26,27)/p+1. The molecule has 0 fully saturated rings. The van der Waals surface area contributed by atoms with Gasteiger partial charge in [0.05, 0.1) is 21.1 Å². The van der Waals surface area contributed by atoms with Gasteiger partial charge in [-0.2, -0.15) is 0 Å². The van der Waals surface area contributed by atoms with E-state index in [0.717, 1.165) is 70.9 Å². The molecule has 0 saturated heterocycles. The molecule has 148 valence electrons. The third-order valence-electron chi connectivity index (χ3n) is 4.92. The molecule has 0 heterocycles. The van der Waals surface area contributed by atoms with Crippen molar-refractivity contribution >= 4 is 0 Å². The predicted molar refractivity (Wildman–Crippen MR) is 114 cm³/mol. The SMILES string of the molecule is CCCc1cc(-c2cc(CC)cc(CCC)c2O)cc(C[N+](C)(C)C)c1O. The van der Waals surface area contributed by atoms with Gasteiger partial charge in [0, 0.05) is 11.1 Å². The summed E-state index contributed by atoms with van der Waals surface area (Å²) in [5.41, 5.74) is 6.07. The van der Waals surface area contributed by atoms with E-state index in [0.29, 0.717) is 11.5 Å². The lowest BCUT2D eigenvalue weighted by atomic mass is 9.91. The Morgan fingerprint density at radius 3 is 1.81 bits per heavy atom. The number of aryl methyl sites for hydroxylation is 3. The Labute approximate surface area is 164 Å².